The zero-order valence-corrected chi connectivity index (χ0v) is 13.7. The highest BCUT2D eigenvalue weighted by atomic mass is 14.2. The van der Waals surface area contributed by atoms with Crippen LogP contribution in [0.5, 0.6) is 0 Å². The van der Waals surface area contributed by atoms with Crippen LogP contribution in [0.15, 0.2) is 35.9 Å². The summed E-state index contributed by atoms with van der Waals surface area (Å²) in [5.74, 6) is 0.629. The monoisotopic (exact) mass is 276 g/mol. The highest BCUT2D eigenvalue weighted by molar-refractivity contribution is 5.83. The van der Waals surface area contributed by atoms with Gasteiger partial charge in [0.15, 0.2) is 0 Å². The standard InChI is InChI=1S/C21H24/c1-13(2)18-11-17-7-6-16(5)21(20(17)12-18)19-9-14(3)8-15(4)10-19/h6-10,12-13H,11H2,1-5H3. The molecule has 0 N–H and O–H groups in total. The molecule has 0 saturated carbocycles. The van der Waals surface area contributed by atoms with Crippen molar-refractivity contribution in [3.05, 3.63) is 63.7 Å². The van der Waals surface area contributed by atoms with E-state index in [4.69, 9.17) is 0 Å². The molecule has 0 aromatic heterocycles. The van der Waals surface area contributed by atoms with Crippen LogP contribution in [0.2, 0.25) is 0 Å². The first-order chi connectivity index (χ1) is 9.95. The van der Waals surface area contributed by atoms with Crippen molar-refractivity contribution in [2.24, 2.45) is 5.92 Å². The molecule has 1 aliphatic carbocycles. The van der Waals surface area contributed by atoms with Crippen molar-refractivity contribution in [2.75, 3.05) is 0 Å². The fourth-order valence-corrected chi connectivity index (χ4v) is 3.42. The number of rotatable bonds is 2. The lowest BCUT2D eigenvalue weighted by molar-refractivity contribution is 0.754. The third kappa shape index (κ3) is 2.55. The second kappa shape index (κ2) is 5.18. The minimum Gasteiger partial charge on any atom is -0.0626 e. The van der Waals surface area contributed by atoms with Gasteiger partial charge in [0.2, 0.25) is 0 Å². The fraction of sp³-hybridized carbons (Fsp3) is 0.333. The topological polar surface area (TPSA) is 0 Å². The van der Waals surface area contributed by atoms with E-state index in [-0.39, 0.29) is 0 Å². The average Bonchev–Trinajstić information content (AvgIpc) is 2.81. The normalized spacial score (nSPS) is 13.5. The molecule has 0 nitrogen and oxygen atoms in total. The van der Waals surface area contributed by atoms with E-state index in [1.165, 1.54) is 38.9 Å². The van der Waals surface area contributed by atoms with Crippen molar-refractivity contribution in [1.29, 1.82) is 0 Å². The van der Waals surface area contributed by atoms with Crippen LogP contribution in [0.1, 0.15) is 41.7 Å². The van der Waals surface area contributed by atoms with Gasteiger partial charge < -0.3 is 0 Å². The highest BCUT2D eigenvalue weighted by Crippen LogP contribution is 2.38. The number of hydrogen-bond acceptors (Lipinski definition) is 0. The summed E-state index contributed by atoms with van der Waals surface area (Å²) < 4.78 is 0. The highest BCUT2D eigenvalue weighted by Gasteiger charge is 2.20. The van der Waals surface area contributed by atoms with E-state index in [0.29, 0.717) is 5.92 Å². The van der Waals surface area contributed by atoms with E-state index in [1.807, 2.05) is 0 Å². The zero-order valence-electron chi connectivity index (χ0n) is 13.7. The number of benzene rings is 2. The number of aryl methyl sites for hydroxylation is 3. The molecule has 2 aromatic rings. The van der Waals surface area contributed by atoms with Crippen LogP contribution in [0.25, 0.3) is 17.2 Å². The number of fused-ring (bicyclic) bond motifs is 1. The van der Waals surface area contributed by atoms with Crippen molar-refractivity contribution in [1.82, 2.24) is 0 Å². The molecular weight excluding hydrogens is 252 g/mol. The maximum Gasteiger partial charge on any atom is -0.00550 e. The molecule has 108 valence electrons. The van der Waals surface area contributed by atoms with E-state index < -0.39 is 0 Å². The third-order valence-corrected chi connectivity index (χ3v) is 4.52. The molecule has 0 saturated heterocycles. The summed E-state index contributed by atoms with van der Waals surface area (Å²) in [5, 5.41) is 0. The molecule has 0 radical (unpaired) electrons. The van der Waals surface area contributed by atoms with Gasteiger partial charge in [-0.15, -0.1) is 0 Å². The quantitative estimate of drug-likeness (QED) is 0.643. The molecule has 1 aliphatic rings. The van der Waals surface area contributed by atoms with Crippen LogP contribution in [-0.2, 0) is 6.42 Å². The van der Waals surface area contributed by atoms with E-state index in [1.54, 1.807) is 5.57 Å². The van der Waals surface area contributed by atoms with E-state index in [9.17, 15) is 0 Å². The van der Waals surface area contributed by atoms with Crippen molar-refractivity contribution < 1.29 is 0 Å². The van der Waals surface area contributed by atoms with Crippen molar-refractivity contribution in [3.8, 4) is 11.1 Å². The minimum absolute atomic E-state index is 0.629. The molecule has 0 unspecified atom stereocenters. The zero-order chi connectivity index (χ0) is 15.1. The second-order valence-electron chi connectivity index (χ2n) is 6.76. The molecule has 0 atom stereocenters. The molecule has 2 aromatic carbocycles. The van der Waals surface area contributed by atoms with Crippen LogP contribution in [0.3, 0.4) is 0 Å². The molecule has 0 aliphatic heterocycles. The lowest BCUT2D eigenvalue weighted by Gasteiger charge is -2.13. The summed E-state index contributed by atoms with van der Waals surface area (Å²) in [7, 11) is 0. The molecule has 0 heterocycles. The maximum atomic E-state index is 2.43. The lowest BCUT2D eigenvalue weighted by Crippen LogP contribution is -1.94. The predicted molar refractivity (Wildman–Crippen MR) is 92.6 cm³/mol. The van der Waals surface area contributed by atoms with Gasteiger partial charge in [0.1, 0.15) is 0 Å². The van der Waals surface area contributed by atoms with E-state index >= 15 is 0 Å². The Morgan fingerprint density at radius 1 is 0.905 bits per heavy atom. The first kappa shape index (κ1) is 14.1. The molecule has 0 spiro atoms. The van der Waals surface area contributed by atoms with Crippen LogP contribution in [0.4, 0.5) is 0 Å². The molecule has 0 bridgehead atoms. The molecule has 0 heteroatoms. The largest absolute Gasteiger partial charge is 0.0626 e. The number of hydrogen-bond donors (Lipinski definition) is 0. The number of allylic oxidation sites excluding steroid dienone is 1. The Balaban J connectivity index is 2.22. The third-order valence-electron chi connectivity index (χ3n) is 4.52. The summed E-state index contributed by atoms with van der Waals surface area (Å²) in [5.41, 5.74) is 11.3. The Labute approximate surface area is 128 Å². The van der Waals surface area contributed by atoms with Gasteiger partial charge in [-0.25, -0.2) is 0 Å². The Kier molecular flexibility index (Phi) is 3.49. The first-order valence-corrected chi connectivity index (χ1v) is 7.87. The Bertz CT molecular complexity index is 710. The van der Waals surface area contributed by atoms with Crippen LogP contribution >= 0.6 is 0 Å². The van der Waals surface area contributed by atoms with E-state index in [2.05, 4.69) is 71.0 Å². The van der Waals surface area contributed by atoms with Gasteiger partial charge in [-0.1, -0.05) is 67.0 Å². The summed E-state index contributed by atoms with van der Waals surface area (Å²) >= 11 is 0. The smallest absolute Gasteiger partial charge is 0.00550 e. The van der Waals surface area contributed by atoms with Crippen molar-refractivity contribution >= 4 is 6.08 Å². The van der Waals surface area contributed by atoms with Gasteiger partial charge >= 0.3 is 0 Å². The molecular formula is C21H24. The van der Waals surface area contributed by atoms with E-state index in [0.717, 1.165) is 6.42 Å². The average molecular weight is 276 g/mol. The maximum absolute atomic E-state index is 2.43. The summed E-state index contributed by atoms with van der Waals surface area (Å²) in [6, 6.07) is 11.5. The Morgan fingerprint density at radius 3 is 2.19 bits per heavy atom. The van der Waals surface area contributed by atoms with Crippen LogP contribution in [0, 0.1) is 26.7 Å². The van der Waals surface area contributed by atoms with Crippen LogP contribution in [-0.4, -0.2) is 0 Å². The minimum atomic E-state index is 0.629. The van der Waals surface area contributed by atoms with Gasteiger partial charge in [-0.2, -0.15) is 0 Å². The molecule has 21 heavy (non-hydrogen) atoms. The summed E-state index contributed by atoms with van der Waals surface area (Å²) in [6.07, 6.45) is 3.55. The summed E-state index contributed by atoms with van der Waals surface area (Å²) in [4.78, 5) is 0. The van der Waals surface area contributed by atoms with Gasteiger partial charge in [0.05, 0.1) is 0 Å². The Morgan fingerprint density at radius 2 is 1.57 bits per heavy atom. The predicted octanol–water partition coefficient (Wildman–Crippen LogP) is 5.87. The van der Waals surface area contributed by atoms with Gasteiger partial charge in [0, 0.05) is 0 Å². The van der Waals surface area contributed by atoms with Crippen LogP contribution < -0.4 is 0 Å². The van der Waals surface area contributed by atoms with Gasteiger partial charge in [0.25, 0.3) is 0 Å². The van der Waals surface area contributed by atoms with Crippen molar-refractivity contribution in [3.63, 3.8) is 0 Å². The van der Waals surface area contributed by atoms with Gasteiger partial charge in [-0.3, -0.25) is 0 Å². The Hall–Kier alpha value is -1.82. The van der Waals surface area contributed by atoms with Gasteiger partial charge in [-0.05, 0) is 60.9 Å². The fourth-order valence-electron chi connectivity index (χ4n) is 3.42. The van der Waals surface area contributed by atoms with Crippen molar-refractivity contribution in [2.45, 2.75) is 41.0 Å². The molecule has 0 fully saturated rings. The first-order valence-electron chi connectivity index (χ1n) is 7.87. The molecule has 3 rings (SSSR count). The SMILES string of the molecule is Cc1cc(C)cc(-c2c(C)ccc3c2C=C(C(C)C)C3)c1. The molecule has 0 amide bonds. The second-order valence-corrected chi connectivity index (χ2v) is 6.76. The lowest BCUT2D eigenvalue weighted by atomic mass is 9.91. The summed E-state index contributed by atoms with van der Waals surface area (Å²) in [6.45, 7) is 11.2.